The van der Waals surface area contributed by atoms with Crippen LogP contribution in [0.3, 0.4) is 0 Å². The molecule has 0 spiro atoms. The van der Waals surface area contributed by atoms with Gasteiger partial charge in [-0.25, -0.2) is 0 Å². The smallest absolute Gasteiger partial charge is 0.165 e. The van der Waals surface area contributed by atoms with Gasteiger partial charge in [0.1, 0.15) is 12.2 Å². The van der Waals surface area contributed by atoms with Crippen LogP contribution in [-0.2, 0) is 6.42 Å². The highest BCUT2D eigenvalue weighted by Gasteiger charge is 2.32. The average molecular weight is 263 g/mol. The van der Waals surface area contributed by atoms with Gasteiger partial charge in [-0.2, -0.15) is 0 Å². The highest BCUT2D eigenvalue weighted by atomic mass is 16.5. The minimum atomic E-state index is -0.117. The quantitative estimate of drug-likeness (QED) is 0.855. The first-order valence-corrected chi connectivity index (χ1v) is 7.19. The third kappa shape index (κ3) is 3.63. The van der Waals surface area contributed by atoms with E-state index in [-0.39, 0.29) is 5.60 Å². The number of nitrogens with one attached hydrogen (secondary N) is 1. The van der Waals surface area contributed by atoms with Crippen LogP contribution in [0.1, 0.15) is 39.7 Å². The topological polar surface area (TPSA) is 30.5 Å². The van der Waals surface area contributed by atoms with Gasteiger partial charge in [0.15, 0.2) is 11.5 Å². The lowest BCUT2D eigenvalue weighted by molar-refractivity contribution is 0.131. The number of hydrogen-bond donors (Lipinski definition) is 1. The molecule has 19 heavy (non-hydrogen) atoms. The van der Waals surface area contributed by atoms with E-state index in [9.17, 15) is 0 Å². The summed E-state index contributed by atoms with van der Waals surface area (Å²) in [4.78, 5) is 0. The second-order valence-corrected chi connectivity index (χ2v) is 5.95. The highest BCUT2D eigenvalue weighted by molar-refractivity contribution is 5.50. The fourth-order valence-corrected chi connectivity index (χ4v) is 2.37. The Morgan fingerprint density at radius 2 is 2.21 bits per heavy atom. The molecule has 0 fully saturated rings. The Bertz CT molecular complexity index is 429. The van der Waals surface area contributed by atoms with Crippen molar-refractivity contribution in [3.05, 3.63) is 23.8 Å². The zero-order valence-corrected chi connectivity index (χ0v) is 12.5. The molecule has 0 radical (unpaired) electrons. The molecule has 0 aromatic heterocycles. The molecule has 1 atom stereocenters. The van der Waals surface area contributed by atoms with Crippen molar-refractivity contribution < 1.29 is 9.47 Å². The molecule has 0 saturated carbocycles. The van der Waals surface area contributed by atoms with Gasteiger partial charge in [-0.15, -0.1) is 0 Å². The maximum atomic E-state index is 5.99. The van der Waals surface area contributed by atoms with E-state index in [1.165, 1.54) is 5.56 Å². The number of hydrogen-bond acceptors (Lipinski definition) is 3. The minimum Gasteiger partial charge on any atom is -0.488 e. The van der Waals surface area contributed by atoms with E-state index in [0.717, 1.165) is 30.9 Å². The van der Waals surface area contributed by atoms with Crippen molar-refractivity contribution >= 4 is 0 Å². The van der Waals surface area contributed by atoms with Crippen LogP contribution >= 0.6 is 0 Å². The third-order valence-corrected chi connectivity index (χ3v) is 3.29. The van der Waals surface area contributed by atoms with E-state index in [2.05, 4.69) is 39.1 Å². The van der Waals surface area contributed by atoms with Crippen LogP contribution in [0, 0.1) is 0 Å². The summed E-state index contributed by atoms with van der Waals surface area (Å²) in [6, 6.07) is 6.51. The molecule has 1 aliphatic heterocycles. The van der Waals surface area contributed by atoms with Crippen molar-refractivity contribution in [3.63, 3.8) is 0 Å². The fourth-order valence-electron chi connectivity index (χ4n) is 2.37. The lowest BCUT2D eigenvalue weighted by Crippen LogP contribution is -2.32. The summed E-state index contributed by atoms with van der Waals surface area (Å²) in [5, 5.41) is 3.42. The molecule has 2 rings (SSSR count). The molecule has 0 aliphatic carbocycles. The third-order valence-electron chi connectivity index (χ3n) is 3.29. The number of ether oxygens (including phenoxy) is 2. The number of para-hydroxylation sites is 1. The van der Waals surface area contributed by atoms with Crippen molar-refractivity contribution in [1.82, 2.24) is 5.32 Å². The maximum Gasteiger partial charge on any atom is 0.165 e. The van der Waals surface area contributed by atoms with Crippen LogP contribution in [0.25, 0.3) is 0 Å². The predicted octanol–water partition coefficient (Wildman–Crippen LogP) is 3.17. The van der Waals surface area contributed by atoms with Crippen LogP contribution < -0.4 is 14.8 Å². The summed E-state index contributed by atoms with van der Waals surface area (Å²) in [7, 11) is 0. The Hall–Kier alpha value is -1.22. The maximum absolute atomic E-state index is 5.99. The number of rotatable bonds is 6. The summed E-state index contributed by atoms with van der Waals surface area (Å²) >= 11 is 0. The lowest BCUT2D eigenvalue weighted by Gasteiger charge is -2.19. The Balaban J connectivity index is 1.98. The Kier molecular flexibility index (Phi) is 4.35. The van der Waals surface area contributed by atoms with E-state index < -0.39 is 0 Å². The summed E-state index contributed by atoms with van der Waals surface area (Å²) in [5.41, 5.74) is 1.13. The van der Waals surface area contributed by atoms with Gasteiger partial charge in [-0.1, -0.05) is 19.1 Å². The molecular weight excluding hydrogens is 238 g/mol. The van der Waals surface area contributed by atoms with Crippen molar-refractivity contribution in [3.8, 4) is 11.5 Å². The van der Waals surface area contributed by atoms with Gasteiger partial charge in [0.25, 0.3) is 0 Å². The summed E-state index contributed by atoms with van der Waals surface area (Å²) in [6.07, 6.45) is 2.09. The second kappa shape index (κ2) is 5.83. The van der Waals surface area contributed by atoms with Crippen LogP contribution in [0.15, 0.2) is 18.2 Å². The normalized spacial score (nSPS) is 17.7. The van der Waals surface area contributed by atoms with Gasteiger partial charge in [-0.05, 0) is 39.8 Å². The van der Waals surface area contributed by atoms with E-state index in [4.69, 9.17) is 9.47 Å². The van der Waals surface area contributed by atoms with Gasteiger partial charge >= 0.3 is 0 Å². The fraction of sp³-hybridized carbons (Fsp3) is 0.625. The first kappa shape index (κ1) is 14.2. The molecule has 1 aromatic rings. The average Bonchev–Trinajstić information content (AvgIpc) is 2.68. The number of benzene rings is 1. The van der Waals surface area contributed by atoms with E-state index in [1.807, 2.05) is 12.1 Å². The van der Waals surface area contributed by atoms with Gasteiger partial charge in [-0.3, -0.25) is 0 Å². The van der Waals surface area contributed by atoms with Crippen LogP contribution in [0.4, 0.5) is 0 Å². The Morgan fingerprint density at radius 1 is 1.42 bits per heavy atom. The standard InChI is InChI=1S/C16H25NO2/c1-5-9-17-12(2)11-18-14-8-6-7-13-10-16(3,4)19-15(13)14/h6-8,12,17H,5,9-11H2,1-4H3. The van der Waals surface area contributed by atoms with Gasteiger partial charge in [0.05, 0.1) is 0 Å². The molecular formula is C16H25NO2. The molecule has 0 saturated heterocycles. The molecule has 1 heterocycles. The number of fused-ring (bicyclic) bond motifs is 1. The van der Waals surface area contributed by atoms with E-state index in [0.29, 0.717) is 12.6 Å². The highest BCUT2D eigenvalue weighted by Crippen LogP contribution is 2.41. The summed E-state index contributed by atoms with van der Waals surface area (Å²) < 4.78 is 11.9. The van der Waals surface area contributed by atoms with Crippen molar-refractivity contribution in [2.45, 2.75) is 52.2 Å². The zero-order valence-electron chi connectivity index (χ0n) is 12.5. The second-order valence-electron chi connectivity index (χ2n) is 5.95. The summed E-state index contributed by atoms with van der Waals surface area (Å²) in [5.74, 6) is 1.79. The molecule has 0 bridgehead atoms. The van der Waals surface area contributed by atoms with Crippen molar-refractivity contribution in [2.75, 3.05) is 13.2 Å². The zero-order chi connectivity index (χ0) is 13.9. The van der Waals surface area contributed by atoms with Gasteiger partial charge < -0.3 is 14.8 Å². The summed E-state index contributed by atoms with van der Waals surface area (Å²) in [6.45, 7) is 10.2. The van der Waals surface area contributed by atoms with Gasteiger partial charge in [0, 0.05) is 18.0 Å². The minimum absolute atomic E-state index is 0.117. The predicted molar refractivity (Wildman–Crippen MR) is 78.1 cm³/mol. The molecule has 1 aliphatic rings. The van der Waals surface area contributed by atoms with Crippen molar-refractivity contribution in [1.29, 1.82) is 0 Å². The molecule has 0 amide bonds. The van der Waals surface area contributed by atoms with Crippen LogP contribution in [-0.4, -0.2) is 24.8 Å². The van der Waals surface area contributed by atoms with Crippen LogP contribution in [0.5, 0.6) is 11.5 Å². The molecule has 1 aromatic carbocycles. The van der Waals surface area contributed by atoms with Crippen molar-refractivity contribution in [2.24, 2.45) is 0 Å². The van der Waals surface area contributed by atoms with Crippen LogP contribution in [0.2, 0.25) is 0 Å². The molecule has 1 N–H and O–H groups in total. The lowest BCUT2D eigenvalue weighted by atomic mass is 10.0. The molecule has 106 valence electrons. The van der Waals surface area contributed by atoms with E-state index >= 15 is 0 Å². The monoisotopic (exact) mass is 263 g/mol. The Morgan fingerprint density at radius 3 is 2.95 bits per heavy atom. The largest absolute Gasteiger partial charge is 0.488 e. The molecule has 3 nitrogen and oxygen atoms in total. The first-order chi connectivity index (χ1) is 9.02. The SMILES string of the molecule is CCCNC(C)COc1cccc2c1OC(C)(C)C2. The van der Waals surface area contributed by atoms with Gasteiger partial charge in [0.2, 0.25) is 0 Å². The first-order valence-electron chi connectivity index (χ1n) is 7.19. The molecule has 3 heteroatoms. The Labute approximate surface area is 116 Å². The molecule has 1 unspecified atom stereocenters. The van der Waals surface area contributed by atoms with E-state index in [1.54, 1.807) is 0 Å².